The Bertz CT molecular complexity index is 848. The molecule has 4 fully saturated rings. The molecule has 0 saturated heterocycles. The van der Waals surface area contributed by atoms with Gasteiger partial charge in [-0.25, -0.2) is 0 Å². The van der Waals surface area contributed by atoms with Gasteiger partial charge >= 0.3 is 0 Å². The molecule has 4 aliphatic carbocycles. The molecule has 4 bridgehead atoms. The van der Waals surface area contributed by atoms with Crippen LogP contribution in [0, 0.1) is 23.2 Å². The Morgan fingerprint density at radius 1 is 0.774 bits per heavy atom. The quantitative estimate of drug-likeness (QED) is 0.720. The third kappa shape index (κ3) is 4.39. The third-order valence-electron chi connectivity index (χ3n) is 7.71. The van der Waals surface area contributed by atoms with Gasteiger partial charge in [0, 0.05) is 18.5 Å². The van der Waals surface area contributed by atoms with E-state index >= 15 is 0 Å². The number of nitrogens with zero attached hydrogens (tertiary/aromatic N) is 1. The van der Waals surface area contributed by atoms with Crippen LogP contribution in [-0.4, -0.2) is 23.3 Å². The maximum absolute atomic E-state index is 13.3. The Labute approximate surface area is 185 Å². The fourth-order valence-electron chi connectivity index (χ4n) is 6.68. The van der Waals surface area contributed by atoms with E-state index in [-0.39, 0.29) is 23.8 Å². The lowest BCUT2D eigenvalue weighted by Crippen LogP contribution is -2.54. The fraction of sp³-hybridized carbons (Fsp3) is 0.481. The zero-order valence-corrected chi connectivity index (χ0v) is 18.1. The summed E-state index contributed by atoms with van der Waals surface area (Å²) in [6.45, 7) is 1.17. The lowest BCUT2D eigenvalue weighted by molar-refractivity contribution is -0.148. The Morgan fingerprint density at radius 2 is 1.23 bits per heavy atom. The molecular weight excluding hydrogens is 384 g/mol. The maximum Gasteiger partial charge on any atom is 0.242 e. The third-order valence-corrected chi connectivity index (χ3v) is 7.71. The largest absolute Gasteiger partial charge is 0.347 e. The summed E-state index contributed by atoms with van der Waals surface area (Å²) in [5.41, 5.74) is 1.98. The van der Waals surface area contributed by atoms with E-state index < -0.39 is 0 Å². The van der Waals surface area contributed by atoms with Gasteiger partial charge in [-0.05, 0) is 67.4 Å². The van der Waals surface area contributed by atoms with Crippen molar-refractivity contribution in [3.8, 4) is 0 Å². The van der Waals surface area contributed by atoms with Crippen molar-refractivity contribution >= 4 is 11.8 Å². The number of hydrogen-bond acceptors (Lipinski definition) is 2. The second-order valence-corrected chi connectivity index (χ2v) is 10.1. The van der Waals surface area contributed by atoms with Gasteiger partial charge in [0.25, 0.3) is 0 Å². The van der Waals surface area contributed by atoms with Crippen LogP contribution in [0.25, 0.3) is 0 Å². The van der Waals surface area contributed by atoms with Gasteiger partial charge in [0.15, 0.2) is 0 Å². The summed E-state index contributed by atoms with van der Waals surface area (Å²) in [5, 5.41) is 3.06. The van der Waals surface area contributed by atoms with Crippen molar-refractivity contribution in [2.75, 3.05) is 6.54 Å². The zero-order chi connectivity index (χ0) is 21.3. The first-order valence-electron chi connectivity index (χ1n) is 11.7. The number of nitrogens with one attached hydrogen (secondary N) is 1. The van der Waals surface area contributed by atoms with Gasteiger partial charge in [0.1, 0.15) is 0 Å². The molecule has 0 aromatic heterocycles. The molecular formula is C27H32N2O2. The van der Waals surface area contributed by atoms with Crippen LogP contribution in [0.15, 0.2) is 60.7 Å². The monoisotopic (exact) mass is 416 g/mol. The van der Waals surface area contributed by atoms with Gasteiger partial charge in [-0.2, -0.15) is 0 Å². The van der Waals surface area contributed by atoms with Crippen molar-refractivity contribution in [2.45, 2.75) is 51.6 Å². The zero-order valence-electron chi connectivity index (χ0n) is 18.1. The molecule has 0 heterocycles. The Balaban J connectivity index is 1.25. The molecule has 1 N–H and O–H groups in total. The topological polar surface area (TPSA) is 49.4 Å². The number of carbonyl (C=O) groups is 2. The molecule has 0 spiro atoms. The SMILES string of the molecule is O=C(CNC(=O)C12CC3CC(CC(C3)C1)C2)N(Cc1ccccc1)Cc1ccccc1. The normalized spacial score (nSPS) is 28.3. The predicted octanol–water partition coefficient (Wildman–Crippen LogP) is 4.55. The summed E-state index contributed by atoms with van der Waals surface area (Å²) in [5.74, 6) is 2.27. The molecule has 4 nitrogen and oxygen atoms in total. The summed E-state index contributed by atoms with van der Waals surface area (Å²) in [7, 11) is 0. The van der Waals surface area contributed by atoms with Crippen LogP contribution in [0.3, 0.4) is 0 Å². The average molecular weight is 417 g/mol. The fourth-order valence-corrected chi connectivity index (χ4v) is 6.68. The van der Waals surface area contributed by atoms with Gasteiger partial charge < -0.3 is 10.2 Å². The van der Waals surface area contributed by atoms with Crippen LogP contribution in [0.1, 0.15) is 49.7 Å². The number of carbonyl (C=O) groups excluding carboxylic acids is 2. The Kier molecular flexibility index (Phi) is 5.56. The highest BCUT2D eigenvalue weighted by atomic mass is 16.2. The molecule has 4 heteroatoms. The molecule has 2 amide bonds. The van der Waals surface area contributed by atoms with E-state index in [9.17, 15) is 9.59 Å². The van der Waals surface area contributed by atoms with E-state index in [0.29, 0.717) is 13.1 Å². The van der Waals surface area contributed by atoms with Crippen LogP contribution >= 0.6 is 0 Å². The maximum atomic E-state index is 13.3. The predicted molar refractivity (Wildman–Crippen MR) is 121 cm³/mol. The lowest BCUT2D eigenvalue weighted by Gasteiger charge is -2.55. The first kappa shape index (κ1) is 20.3. The number of hydrogen-bond donors (Lipinski definition) is 1. The Morgan fingerprint density at radius 3 is 1.68 bits per heavy atom. The van der Waals surface area contributed by atoms with Gasteiger partial charge in [-0.3, -0.25) is 9.59 Å². The van der Waals surface area contributed by atoms with Crippen molar-refractivity contribution in [2.24, 2.45) is 23.2 Å². The van der Waals surface area contributed by atoms with E-state index in [1.807, 2.05) is 65.6 Å². The number of amides is 2. The van der Waals surface area contributed by atoms with E-state index in [2.05, 4.69) is 5.32 Å². The molecule has 4 aliphatic rings. The van der Waals surface area contributed by atoms with Crippen molar-refractivity contribution in [1.82, 2.24) is 10.2 Å². The van der Waals surface area contributed by atoms with Gasteiger partial charge in [0.2, 0.25) is 11.8 Å². The second kappa shape index (κ2) is 8.49. The standard InChI is InChI=1S/C27H32N2O2/c30-25(17-28-26(31)27-14-22-11-23(15-27)13-24(12-22)16-27)29(18-20-7-3-1-4-8-20)19-21-9-5-2-6-10-21/h1-10,22-24H,11-19H2,(H,28,31). The molecule has 0 aliphatic heterocycles. The molecule has 0 unspecified atom stereocenters. The first-order chi connectivity index (χ1) is 15.1. The minimum atomic E-state index is -0.210. The van der Waals surface area contributed by atoms with Crippen molar-refractivity contribution < 1.29 is 9.59 Å². The van der Waals surface area contributed by atoms with Crippen LogP contribution in [0.5, 0.6) is 0 Å². The molecule has 31 heavy (non-hydrogen) atoms. The Hall–Kier alpha value is -2.62. The molecule has 4 saturated carbocycles. The number of benzene rings is 2. The molecule has 0 radical (unpaired) electrons. The van der Waals surface area contributed by atoms with E-state index in [4.69, 9.17) is 0 Å². The van der Waals surface area contributed by atoms with Crippen LogP contribution in [0.2, 0.25) is 0 Å². The minimum Gasteiger partial charge on any atom is -0.347 e. The van der Waals surface area contributed by atoms with Crippen LogP contribution in [0.4, 0.5) is 0 Å². The second-order valence-electron chi connectivity index (χ2n) is 10.1. The molecule has 6 rings (SSSR count). The van der Waals surface area contributed by atoms with E-state index in [0.717, 1.165) is 48.1 Å². The summed E-state index contributed by atoms with van der Waals surface area (Å²) in [6, 6.07) is 20.1. The van der Waals surface area contributed by atoms with Gasteiger partial charge in [-0.1, -0.05) is 60.7 Å². The number of rotatable bonds is 7. The first-order valence-corrected chi connectivity index (χ1v) is 11.7. The van der Waals surface area contributed by atoms with Gasteiger partial charge in [-0.15, -0.1) is 0 Å². The van der Waals surface area contributed by atoms with E-state index in [1.54, 1.807) is 0 Å². The molecule has 2 aromatic carbocycles. The van der Waals surface area contributed by atoms with Crippen molar-refractivity contribution in [3.05, 3.63) is 71.8 Å². The molecule has 2 aromatic rings. The van der Waals surface area contributed by atoms with Crippen LogP contribution in [-0.2, 0) is 22.7 Å². The minimum absolute atomic E-state index is 0.0224. The summed E-state index contributed by atoms with van der Waals surface area (Å²) < 4.78 is 0. The van der Waals surface area contributed by atoms with Crippen molar-refractivity contribution in [1.29, 1.82) is 0 Å². The molecule has 0 atom stereocenters. The molecule has 162 valence electrons. The summed E-state index contributed by atoms with van der Waals surface area (Å²) in [6.07, 6.45) is 7.01. The smallest absolute Gasteiger partial charge is 0.242 e. The summed E-state index contributed by atoms with van der Waals surface area (Å²) in [4.78, 5) is 28.3. The van der Waals surface area contributed by atoms with Gasteiger partial charge in [0.05, 0.1) is 6.54 Å². The van der Waals surface area contributed by atoms with Crippen LogP contribution < -0.4 is 5.32 Å². The van der Waals surface area contributed by atoms with E-state index in [1.165, 1.54) is 19.3 Å². The van der Waals surface area contributed by atoms with Crippen molar-refractivity contribution in [3.63, 3.8) is 0 Å². The highest BCUT2D eigenvalue weighted by molar-refractivity contribution is 5.88. The highest BCUT2D eigenvalue weighted by Crippen LogP contribution is 2.60. The average Bonchev–Trinajstić information content (AvgIpc) is 2.77. The highest BCUT2D eigenvalue weighted by Gasteiger charge is 2.54. The lowest BCUT2D eigenvalue weighted by atomic mass is 9.49. The summed E-state index contributed by atoms with van der Waals surface area (Å²) >= 11 is 0.